The Balaban J connectivity index is 2.23. The number of carbonyl (C=O) groups is 6. The molecule has 206 valence electrons. The summed E-state index contributed by atoms with van der Waals surface area (Å²) in [6.45, 7) is 0. The molecule has 15 heteroatoms. The normalized spacial score (nSPS) is 14.1. The van der Waals surface area contributed by atoms with Gasteiger partial charge in [-0.05, 0) is 18.1 Å². The van der Waals surface area contributed by atoms with Crippen molar-refractivity contribution in [2.75, 3.05) is 5.75 Å². The third-order valence-electron chi connectivity index (χ3n) is 5.61. The van der Waals surface area contributed by atoms with E-state index < -0.39 is 66.1 Å². The van der Waals surface area contributed by atoms with Gasteiger partial charge in [0, 0.05) is 35.7 Å². The molecule has 1 aromatic carbocycles. The van der Waals surface area contributed by atoms with Crippen molar-refractivity contribution in [2.24, 2.45) is 17.2 Å². The van der Waals surface area contributed by atoms with Crippen molar-refractivity contribution in [1.29, 1.82) is 0 Å². The summed E-state index contributed by atoms with van der Waals surface area (Å²) < 4.78 is 0. The van der Waals surface area contributed by atoms with Gasteiger partial charge in [-0.3, -0.25) is 24.0 Å². The number of carboxylic acids is 1. The summed E-state index contributed by atoms with van der Waals surface area (Å²) in [7, 11) is 0. The van der Waals surface area contributed by atoms with Gasteiger partial charge in [0.2, 0.25) is 29.5 Å². The Kier molecular flexibility index (Phi) is 11.1. The molecule has 1 heterocycles. The van der Waals surface area contributed by atoms with Crippen LogP contribution in [0, 0.1) is 0 Å². The van der Waals surface area contributed by atoms with Gasteiger partial charge in [-0.1, -0.05) is 18.2 Å². The first-order chi connectivity index (χ1) is 17.9. The first-order valence-electron chi connectivity index (χ1n) is 11.5. The van der Waals surface area contributed by atoms with Crippen LogP contribution in [0.3, 0.4) is 0 Å². The van der Waals surface area contributed by atoms with E-state index in [0.29, 0.717) is 5.56 Å². The second kappa shape index (κ2) is 14.0. The zero-order valence-corrected chi connectivity index (χ0v) is 21.2. The third kappa shape index (κ3) is 8.77. The van der Waals surface area contributed by atoms with Crippen LogP contribution >= 0.6 is 12.6 Å². The fourth-order valence-corrected chi connectivity index (χ4v) is 3.83. The maximum Gasteiger partial charge on any atom is 0.326 e. The van der Waals surface area contributed by atoms with Crippen molar-refractivity contribution in [1.82, 2.24) is 20.9 Å². The first kappa shape index (κ1) is 30.1. The molecular weight excluding hydrogens is 518 g/mol. The Morgan fingerprint density at radius 2 is 1.50 bits per heavy atom. The minimum atomic E-state index is -1.61. The number of carbonyl (C=O) groups excluding carboxylic acids is 5. The third-order valence-corrected chi connectivity index (χ3v) is 5.97. The van der Waals surface area contributed by atoms with Gasteiger partial charge >= 0.3 is 5.97 Å². The van der Waals surface area contributed by atoms with Crippen LogP contribution in [0.4, 0.5) is 0 Å². The largest absolute Gasteiger partial charge is 0.480 e. The second-order valence-electron chi connectivity index (χ2n) is 8.55. The number of benzene rings is 1. The Bertz CT molecular complexity index is 1200. The maximum absolute atomic E-state index is 13.2. The van der Waals surface area contributed by atoms with E-state index in [1.54, 1.807) is 12.3 Å². The van der Waals surface area contributed by atoms with Gasteiger partial charge in [0.15, 0.2) is 0 Å². The van der Waals surface area contributed by atoms with E-state index in [0.717, 1.165) is 10.9 Å². The molecule has 38 heavy (non-hydrogen) atoms. The lowest BCUT2D eigenvalue weighted by molar-refractivity contribution is -0.143. The van der Waals surface area contributed by atoms with Gasteiger partial charge in [-0.2, -0.15) is 12.6 Å². The summed E-state index contributed by atoms with van der Waals surface area (Å²) in [5, 5.41) is 17.2. The minimum Gasteiger partial charge on any atom is -0.480 e. The highest BCUT2D eigenvalue weighted by Crippen LogP contribution is 2.19. The molecule has 0 spiro atoms. The fraction of sp³-hybridized carbons (Fsp3) is 0.391. The number of para-hydroxylation sites is 1. The number of aliphatic carboxylic acids is 1. The summed E-state index contributed by atoms with van der Waals surface area (Å²) in [5.41, 5.74) is 17.5. The van der Waals surface area contributed by atoms with Crippen LogP contribution in [0.2, 0.25) is 0 Å². The van der Waals surface area contributed by atoms with Gasteiger partial charge in [0.25, 0.3) is 0 Å². The van der Waals surface area contributed by atoms with Crippen molar-refractivity contribution >= 4 is 59.0 Å². The minimum absolute atomic E-state index is 0.00443. The van der Waals surface area contributed by atoms with E-state index in [-0.39, 0.29) is 25.0 Å². The lowest BCUT2D eigenvalue weighted by Gasteiger charge is -2.24. The van der Waals surface area contributed by atoms with Crippen LogP contribution in [0.5, 0.6) is 0 Å². The van der Waals surface area contributed by atoms with E-state index in [1.807, 2.05) is 18.2 Å². The Labute approximate surface area is 222 Å². The smallest absolute Gasteiger partial charge is 0.326 e. The molecule has 2 aromatic rings. The van der Waals surface area contributed by atoms with E-state index in [2.05, 4.69) is 33.6 Å². The summed E-state index contributed by atoms with van der Waals surface area (Å²) >= 11 is 4.06. The molecule has 1 aromatic heterocycles. The first-order valence-corrected chi connectivity index (χ1v) is 12.2. The Morgan fingerprint density at radius 3 is 2.11 bits per heavy atom. The average Bonchev–Trinajstić information content (AvgIpc) is 3.27. The van der Waals surface area contributed by atoms with Crippen molar-refractivity contribution in [2.45, 2.75) is 49.9 Å². The number of primary amides is 2. The molecule has 0 radical (unpaired) electrons. The molecule has 0 fully saturated rings. The fourth-order valence-electron chi connectivity index (χ4n) is 3.58. The molecule has 0 saturated carbocycles. The highest BCUT2D eigenvalue weighted by atomic mass is 32.1. The molecule has 14 nitrogen and oxygen atoms in total. The van der Waals surface area contributed by atoms with E-state index in [9.17, 15) is 33.9 Å². The zero-order valence-electron chi connectivity index (χ0n) is 20.3. The predicted octanol–water partition coefficient (Wildman–Crippen LogP) is -2.35. The van der Waals surface area contributed by atoms with Crippen LogP contribution in [-0.2, 0) is 35.2 Å². The molecule has 0 saturated heterocycles. The number of amides is 5. The number of aromatic nitrogens is 1. The molecule has 0 bridgehead atoms. The number of thiol groups is 1. The highest BCUT2D eigenvalue weighted by molar-refractivity contribution is 7.80. The van der Waals surface area contributed by atoms with Crippen LogP contribution in [-0.4, -0.2) is 75.5 Å². The van der Waals surface area contributed by atoms with Crippen LogP contribution < -0.4 is 33.2 Å². The van der Waals surface area contributed by atoms with Gasteiger partial charge in [-0.15, -0.1) is 0 Å². The van der Waals surface area contributed by atoms with E-state index in [4.69, 9.17) is 17.2 Å². The zero-order chi connectivity index (χ0) is 28.4. The second-order valence-corrected chi connectivity index (χ2v) is 8.92. The van der Waals surface area contributed by atoms with Crippen molar-refractivity contribution < 1.29 is 33.9 Å². The number of H-pyrrole nitrogens is 1. The summed E-state index contributed by atoms with van der Waals surface area (Å²) in [4.78, 5) is 75.2. The molecule has 11 N–H and O–H groups in total. The van der Waals surface area contributed by atoms with Crippen LogP contribution in [0.25, 0.3) is 10.9 Å². The molecule has 5 amide bonds. The lowest BCUT2D eigenvalue weighted by atomic mass is 10.0. The predicted molar refractivity (Wildman–Crippen MR) is 139 cm³/mol. The number of rotatable bonds is 15. The van der Waals surface area contributed by atoms with E-state index >= 15 is 0 Å². The summed E-state index contributed by atoms with van der Waals surface area (Å²) in [6.07, 6.45) is 0.849. The van der Waals surface area contributed by atoms with Crippen molar-refractivity contribution in [3.8, 4) is 0 Å². The highest BCUT2D eigenvalue weighted by Gasteiger charge is 2.31. The number of hydrogen-bond acceptors (Lipinski definition) is 8. The number of fused-ring (bicyclic) bond motifs is 1. The van der Waals surface area contributed by atoms with Gasteiger partial charge in [-0.25, -0.2) is 4.79 Å². The molecule has 4 unspecified atom stereocenters. The number of hydrogen-bond donors (Lipinski definition) is 9. The molecule has 0 aliphatic carbocycles. The monoisotopic (exact) mass is 549 g/mol. The molecule has 0 aliphatic rings. The number of carboxylic acid groups (broad SMARTS) is 1. The Morgan fingerprint density at radius 1 is 0.895 bits per heavy atom. The summed E-state index contributed by atoms with van der Waals surface area (Å²) in [5.74, 6) is -5.72. The molecule has 2 rings (SSSR count). The summed E-state index contributed by atoms with van der Waals surface area (Å²) in [6, 6.07) is 2.02. The average molecular weight is 550 g/mol. The maximum atomic E-state index is 13.2. The topological polar surface area (TPSA) is 253 Å². The standard InChI is InChI=1S/C23H31N7O7S/c24-13(5-6-18(25)31)20(33)28-15(7-11-9-27-14-4-2-1-3-12(11)14)21(34)30-17(10-38)22(35)29-16(23(36)37)8-19(26)32/h1-4,9,13,15-17,27,38H,5-8,10,24H2,(H2,25,31)(H2,26,32)(H,28,33)(H,29,35)(H,30,34)(H,36,37). The number of aromatic amines is 1. The van der Waals surface area contributed by atoms with Gasteiger partial charge in [0.1, 0.15) is 18.1 Å². The van der Waals surface area contributed by atoms with Crippen molar-refractivity contribution in [3.63, 3.8) is 0 Å². The Hall–Kier alpha value is -4.11. The molecular formula is C23H31N7O7S. The van der Waals surface area contributed by atoms with Crippen LogP contribution in [0.15, 0.2) is 30.5 Å². The molecule has 0 aliphatic heterocycles. The van der Waals surface area contributed by atoms with Gasteiger partial charge in [0.05, 0.1) is 12.5 Å². The van der Waals surface area contributed by atoms with Crippen molar-refractivity contribution in [3.05, 3.63) is 36.0 Å². The SMILES string of the molecule is NC(=O)CCC(N)C(=O)NC(Cc1c[nH]c2ccccc12)C(=O)NC(CS)C(=O)NC(CC(N)=O)C(=O)O. The van der Waals surface area contributed by atoms with Crippen LogP contribution in [0.1, 0.15) is 24.8 Å². The lowest BCUT2D eigenvalue weighted by Crippen LogP contribution is -2.58. The molecule has 4 atom stereocenters. The van der Waals surface area contributed by atoms with E-state index in [1.165, 1.54) is 0 Å². The number of nitrogens with two attached hydrogens (primary N) is 3. The van der Waals surface area contributed by atoms with Gasteiger partial charge < -0.3 is 43.2 Å². The number of nitrogens with one attached hydrogen (secondary N) is 4. The quantitative estimate of drug-likeness (QED) is 0.108.